The standard InChI is InChI=1S/C11H18N4O3S/c1-11(16,7-19-3)6-13-10-8(15(17)18)4-5-9(12-2)14-10/h4-5,16H,6-7H2,1-3H3,(H2,12,13,14). The Hall–Kier alpha value is -1.54. The fraction of sp³-hybridized carbons (Fsp3) is 0.545. The van der Waals surface area contributed by atoms with Gasteiger partial charge in [0.25, 0.3) is 0 Å². The summed E-state index contributed by atoms with van der Waals surface area (Å²) in [6.45, 7) is 1.86. The zero-order valence-electron chi connectivity index (χ0n) is 11.1. The highest BCUT2D eigenvalue weighted by atomic mass is 32.2. The Labute approximate surface area is 116 Å². The van der Waals surface area contributed by atoms with E-state index in [0.29, 0.717) is 11.6 Å². The summed E-state index contributed by atoms with van der Waals surface area (Å²) in [6, 6.07) is 2.91. The van der Waals surface area contributed by atoms with Crippen molar-refractivity contribution in [3.8, 4) is 0 Å². The van der Waals surface area contributed by atoms with Crippen molar-refractivity contribution in [2.75, 3.05) is 36.2 Å². The van der Waals surface area contributed by atoms with Crippen LogP contribution in [0, 0.1) is 10.1 Å². The molecule has 0 fully saturated rings. The first kappa shape index (κ1) is 15.5. The van der Waals surface area contributed by atoms with Gasteiger partial charge in [-0.25, -0.2) is 4.98 Å². The molecule has 3 N–H and O–H groups in total. The van der Waals surface area contributed by atoms with Crippen LogP contribution in [0.1, 0.15) is 6.92 Å². The lowest BCUT2D eigenvalue weighted by Crippen LogP contribution is -2.36. The molecule has 1 atom stereocenters. The summed E-state index contributed by atoms with van der Waals surface area (Å²) in [5, 5.41) is 26.6. The molecule has 0 amide bonds. The SMILES string of the molecule is CNc1ccc([N+](=O)[O-])c(NCC(C)(O)CSC)n1. The molecule has 0 spiro atoms. The molecule has 0 aliphatic carbocycles. The number of hydrogen-bond acceptors (Lipinski definition) is 7. The second-order valence-corrected chi connectivity index (χ2v) is 5.22. The molecule has 7 nitrogen and oxygen atoms in total. The first-order valence-corrected chi connectivity index (χ1v) is 7.07. The molecular formula is C11H18N4O3S. The van der Waals surface area contributed by atoms with E-state index in [1.165, 1.54) is 23.9 Å². The predicted octanol–water partition coefficient (Wildman–Crippen LogP) is 1.56. The van der Waals surface area contributed by atoms with Crippen LogP contribution in [0.3, 0.4) is 0 Å². The lowest BCUT2D eigenvalue weighted by molar-refractivity contribution is -0.384. The molecule has 1 aromatic rings. The Morgan fingerprint density at radius 2 is 2.26 bits per heavy atom. The number of anilines is 2. The predicted molar refractivity (Wildman–Crippen MR) is 77.9 cm³/mol. The van der Waals surface area contributed by atoms with Gasteiger partial charge >= 0.3 is 5.69 Å². The van der Waals surface area contributed by atoms with Crippen molar-refractivity contribution in [2.24, 2.45) is 0 Å². The number of nitrogens with one attached hydrogen (secondary N) is 2. The number of thioether (sulfide) groups is 1. The Balaban J connectivity index is 2.89. The third kappa shape index (κ3) is 4.56. The maximum atomic E-state index is 10.9. The number of hydrogen-bond donors (Lipinski definition) is 3. The molecule has 0 saturated heterocycles. The summed E-state index contributed by atoms with van der Waals surface area (Å²) in [6.07, 6.45) is 1.89. The van der Waals surface area contributed by atoms with E-state index in [0.717, 1.165) is 0 Å². The molecular weight excluding hydrogens is 268 g/mol. The molecule has 1 rings (SSSR count). The molecule has 0 aliphatic heterocycles. The van der Waals surface area contributed by atoms with Gasteiger partial charge in [-0.1, -0.05) is 0 Å². The smallest absolute Gasteiger partial charge is 0.311 e. The highest BCUT2D eigenvalue weighted by molar-refractivity contribution is 7.98. The molecule has 0 aromatic carbocycles. The van der Waals surface area contributed by atoms with E-state index in [9.17, 15) is 15.2 Å². The van der Waals surface area contributed by atoms with Crippen LogP contribution in [-0.4, -0.2) is 46.2 Å². The Morgan fingerprint density at radius 3 is 2.79 bits per heavy atom. The van der Waals surface area contributed by atoms with Crippen molar-refractivity contribution >= 4 is 29.1 Å². The molecule has 1 aromatic heterocycles. The van der Waals surface area contributed by atoms with Crippen molar-refractivity contribution in [1.29, 1.82) is 0 Å². The lowest BCUT2D eigenvalue weighted by Gasteiger charge is -2.22. The minimum absolute atomic E-state index is 0.112. The van der Waals surface area contributed by atoms with Crippen LogP contribution in [-0.2, 0) is 0 Å². The van der Waals surface area contributed by atoms with Crippen molar-refractivity contribution in [1.82, 2.24) is 4.98 Å². The van der Waals surface area contributed by atoms with Gasteiger partial charge in [0.2, 0.25) is 5.82 Å². The monoisotopic (exact) mass is 286 g/mol. The van der Waals surface area contributed by atoms with Gasteiger partial charge < -0.3 is 15.7 Å². The summed E-state index contributed by atoms with van der Waals surface area (Å²) >= 11 is 1.51. The summed E-state index contributed by atoms with van der Waals surface area (Å²) in [4.78, 5) is 14.5. The minimum atomic E-state index is -0.954. The maximum Gasteiger partial charge on any atom is 0.311 e. The van der Waals surface area contributed by atoms with Crippen LogP contribution in [0.15, 0.2) is 12.1 Å². The molecule has 0 aliphatic rings. The van der Waals surface area contributed by atoms with Gasteiger partial charge in [0.05, 0.1) is 10.5 Å². The highest BCUT2D eigenvalue weighted by Crippen LogP contribution is 2.24. The second-order valence-electron chi connectivity index (χ2n) is 4.35. The van der Waals surface area contributed by atoms with Crippen molar-refractivity contribution in [3.63, 3.8) is 0 Å². The third-order valence-electron chi connectivity index (χ3n) is 2.42. The van der Waals surface area contributed by atoms with Crippen LogP contribution in [0.5, 0.6) is 0 Å². The van der Waals surface area contributed by atoms with E-state index >= 15 is 0 Å². The summed E-state index contributed by atoms with van der Waals surface area (Å²) < 4.78 is 0. The average molecular weight is 286 g/mol. The van der Waals surface area contributed by atoms with Gasteiger partial charge in [0.1, 0.15) is 5.82 Å². The van der Waals surface area contributed by atoms with Gasteiger partial charge in [-0.3, -0.25) is 10.1 Å². The maximum absolute atomic E-state index is 10.9. The van der Waals surface area contributed by atoms with Crippen LogP contribution < -0.4 is 10.6 Å². The topological polar surface area (TPSA) is 100 Å². The summed E-state index contributed by atoms with van der Waals surface area (Å²) in [7, 11) is 1.68. The highest BCUT2D eigenvalue weighted by Gasteiger charge is 2.22. The largest absolute Gasteiger partial charge is 0.387 e. The fourth-order valence-electron chi connectivity index (χ4n) is 1.50. The quantitative estimate of drug-likeness (QED) is 0.516. The number of aromatic nitrogens is 1. The van der Waals surface area contributed by atoms with Crippen LogP contribution in [0.2, 0.25) is 0 Å². The van der Waals surface area contributed by atoms with Gasteiger partial charge in [0, 0.05) is 25.4 Å². The fourth-order valence-corrected chi connectivity index (χ4v) is 2.23. The first-order valence-electron chi connectivity index (χ1n) is 5.68. The van der Waals surface area contributed by atoms with E-state index in [1.807, 2.05) is 6.26 Å². The Kier molecular flexibility index (Phi) is 5.37. The van der Waals surface area contributed by atoms with E-state index in [-0.39, 0.29) is 18.1 Å². The molecule has 19 heavy (non-hydrogen) atoms. The number of rotatable bonds is 7. The lowest BCUT2D eigenvalue weighted by atomic mass is 10.1. The summed E-state index contributed by atoms with van der Waals surface area (Å²) in [5.41, 5.74) is -1.07. The van der Waals surface area contributed by atoms with Crippen LogP contribution >= 0.6 is 11.8 Å². The normalized spacial score (nSPS) is 13.7. The first-order chi connectivity index (χ1) is 8.89. The molecule has 0 bridgehead atoms. The number of nitrogens with zero attached hydrogens (tertiary/aromatic N) is 2. The van der Waals surface area contributed by atoms with E-state index in [1.54, 1.807) is 14.0 Å². The zero-order valence-corrected chi connectivity index (χ0v) is 12.0. The second kappa shape index (κ2) is 6.58. The van der Waals surface area contributed by atoms with Gasteiger partial charge in [-0.15, -0.1) is 0 Å². The Morgan fingerprint density at radius 1 is 1.58 bits per heavy atom. The minimum Gasteiger partial charge on any atom is -0.387 e. The molecule has 0 radical (unpaired) electrons. The van der Waals surface area contributed by atoms with Crippen molar-refractivity contribution in [2.45, 2.75) is 12.5 Å². The molecule has 8 heteroatoms. The van der Waals surface area contributed by atoms with Gasteiger partial charge in [-0.05, 0) is 19.2 Å². The third-order valence-corrected chi connectivity index (χ3v) is 3.33. The molecule has 1 unspecified atom stereocenters. The Bertz CT molecular complexity index is 454. The van der Waals surface area contributed by atoms with E-state index in [2.05, 4.69) is 15.6 Å². The number of aliphatic hydroxyl groups is 1. The molecule has 1 heterocycles. The van der Waals surface area contributed by atoms with Crippen LogP contribution in [0.25, 0.3) is 0 Å². The number of pyridine rings is 1. The van der Waals surface area contributed by atoms with E-state index in [4.69, 9.17) is 0 Å². The average Bonchev–Trinajstić information content (AvgIpc) is 2.35. The zero-order chi connectivity index (χ0) is 14.5. The van der Waals surface area contributed by atoms with E-state index < -0.39 is 10.5 Å². The van der Waals surface area contributed by atoms with Crippen LogP contribution in [0.4, 0.5) is 17.3 Å². The number of nitro groups is 1. The van der Waals surface area contributed by atoms with Gasteiger partial charge in [-0.2, -0.15) is 11.8 Å². The van der Waals surface area contributed by atoms with Crippen molar-refractivity contribution in [3.05, 3.63) is 22.2 Å². The van der Waals surface area contributed by atoms with Crippen molar-refractivity contribution < 1.29 is 10.0 Å². The van der Waals surface area contributed by atoms with Gasteiger partial charge in [0.15, 0.2) is 0 Å². The molecule has 0 saturated carbocycles. The molecule has 106 valence electrons. The summed E-state index contributed by atoms with van der Waals surface area (Å²) in [5.74, 6) is 1.20.